The van der Waals surface area contributed by atoms with Crippen molar-refractivity contribution >= 4 is 17.7 Å². The van der Waals surface area contributed by atoms with E-state index >= 15 is 0 Å². The Morgan fingerprint density at radius 3 is 2.65 bits per heavy atom. The number of carboxylic acid groups (broad SMARTS) is 1. The van der Waals surface area contributed by atoms with E-state index < -0.39 is 17.4 Å². The van der Waals surface area contributed by atoms with Crippen LogP contribution >= 0.6 is 0 Å². The number of anilines is 1. The maximum absolute atomic E-state index is 11.1. The highest BCUT2D eigenvalue weighted by atomic mass is 16.4. The van der Waals surface area contributed by atoms with Crippen molar-refractivity contribution in [2.24, 2.45) is 5.73 Å². The van der Waals surface area contributed by atoms with E-state index in [1.165, 1.54) is 6.07 Å². The highest BCUT2D eigenvalue weighted by Gasteiger charge is 2.31. The minimum absolute atomic E-state index is 0.0961. The van der Waals surface area contributed by atoms with Crippen molar-refractivity contribution in [1.82, 2.24) is 4.98 Å². The van der Waals surface area contributed by atoms with Gasteiger partial charge in [-0.25, -0.2) is 9.78 Å². The summed E-state index contributed by atoms with van der Waals surface area (Å²) in [5.74, 6) is -1.32. The summed E-state index contributed by atoms with van der Waals surface area (Å²) in [7, 11) is 0. The monoisotopic (exact) mass is 237 g/mol. The van der Waals surface area contributed by atoms with E-state index in [4.69, 9.17) is 10.8 Å². The van der Waals surface area contributed by atoms with Gasteiger partial charge in [0, 0.05) is 0 Å². The molecule has 1 atom stereocenters. The fourth-order valence-corrected chi connectivity index (χ4v) is 1.22. The van der Waals surface area contributed by atoms with Crippen molar-refractivity contribution in [2.75, 3.05) is 5.32 Å². The van der Waals surface area contributed by atoms with E-state index in [0.29, 0.717) is 12.2 Å². The zero-order valence-electron chi connectivity index (χ0n) is 9.73. The minimum Gasteiger partial charge on any atom is -0.480 e. The number of rotatable bonds is 5. The third kappa shape index (κ3) is 2.93. The second kappa shape index (κ2) is 4.82. The van der Waals surface area contributed by atoms with E-state index in [1.54, 1.807) is 26.0 Å². The topological polar surface area (TPSA) is 105 Å². The van der Waals surface area contributed by atoms with Gasteiger partial charge in [0.25, 0.3) is 5.91 Å². The highest BCUT2D eigenvalue weighted by Crippen LogP contribution is 2.17. The van der Waals surface area contributed by atoms with Gasteiger partial charge in [0.05, 0.1) is 0 Å². The summed E-state index contributed by atoms with van der Waals surface area (Å²) in [6.45, 7) is 3.30. The molecule has 6 heteroatoms. The number of nitrogens with one attached hydrogen (secondary N) is 1. The second-order valence-electron chi connectivity index (χ2n) is 3.89. The van der Waals surface area contributed by atoms with Crippen LogP contribution in [0.25, 0.3) is 0 Å². The highest BCUT2D eigenvalue weighted by molar-refractivity contribution is 5.91. The third-order valence-corrected chi connectivity index (χ3v) is 2.58. The molecule has 0 spiro atoms. The number of aromatic nitrogens is 1. The van der Waals surface area contributed by atoms with Crippen molar-refractivity contribution in [3.8, 4) is 0 Å². The molecule has 1 heterocycles. The summed E-state index contributed by atoms with van der Waals surface area (Å²) in [6.07, 6.45) is 0.380. The smallest absolute Gasteiger partial charge is 0.329 e. The van der Waals surface area contributed by atoms with Gasteiger partial charge < -0.3 is 16.2 Å². The molecule has 0 saturated heterocycles. The molecule has 17 heavy (non-hydrogen) atoms. The second-order valence-corrected chi connectivity index (χ2v) is 3.89. The Morgan fingerprint density at radius 2 is 2.18 bits per heavy atom. The van der Waals surface area contributed by atoms with Gasteiger partial charge in [-0.1, -0.05) is 13.0 Å². The molecule has 0 aromatic carbocycles. The maximum atomic E-state index is 11.1. The lowest BCUT2D eigenvalue weighted by Gasteiger charge is -2.25. The standard InChI is InChI=1S/C11H15N3O3/c1-3-11(2,10(16)17)14-8-6-4-5-7(13-8)9(12)15/h4-6H,3H2,1-2H3,(H2,12,15)(H,13,14)(H,16,17). The third-order valence-electron chi connectivity index (χ3n) is 2.58. The number of primary amides is 1. The average molecular weight is 237 g/mol. The zero-order chi connectivity index (χ0) is 13.1. The number of aliphatic carboxylic acids is 1. The predicted molar refractivity (Wildman–Crippen MR) is 62.7 cm³/mol. The lowest BCUT2D eigenvalue weighted by molar-refractivity contribution is -0.141. The zero-order valence-corrected chi connectivity index (χ0v) is 9.73. The lowest BCUT2D eigenvalue weighted by Crippen LogP contribution is -2.43. The molecule has 1 rings (SSSR count). The summed E-state index contributed by atoms with van der Waals surface area (Å²) >= 11 is 0. The Morgan fingerprint density at radius 1 is 1.53 bits per heavy atom. The molecule has 1 aromatic heterocycles. The fourth-order valence-electron chi connectivity index (χ4n) is 1.22. The summed E-state index contributed by atoms with van der Waals surface area (Å²) in [4.78, 5) is 26.0. The van der Waals surface area contributed by atoms with Gasteiger partial charge in [-0.2, -0.15) is 0 Å². The van der Waals surface area contributed by atoms with E-state index in [-0.39, 0.29) is 5.69 Å². The minimum atomic E-state index is -1.12. The van der Waals surface area contributed by atoms with E-state index in [1.807, 2.05) is 0 Å². The number of hydrogen-bond donors (Lipinski definition) is 3. The Hall–Kier alpha value is -2.11. The molecule has 0 saturated carbocycles. The predicted octanol–water partition coefficient (Wildman–Crippen LogP) is 0.846. The molecule has 0 aliphatic rings. The summed E-state index contributed by atoms with van der Waals surface area (Å²) in [6, 6.07) is 4.65. The van der Waals surface area contributed by atoms with Gasteiger partial charge in [0.2, 0.25) is 0 Å². The van der Waals surface area contributed by atoms with E-state index in [2.05, 4.69) is 10.3 Å². The molecule has 0 radical (unpaired) electrons. The molecule has 1 aromatic rings. The van der Waals surface area contributed by atoms with Crippen molar-refractivity contribution in [3.63, 3.8) is 0 Å². The number of nitrogens with zero attached hydrogens (tertiary/aromatic N) is 1. The number of amides is 1. The molecule has 0 aliphatic carbocycles. The first kappa shape index (κ1) is 13.0. The lowest BCUT2D eigenvalue weighted by atomic mass is 9.99. The summed E-state index contributed by atoms with van der Waals surface area (Å²) < 4.78 is 0. The Balaban J connectivity index is 2.98. The van der Waals surface area contributed by atoms with Crippen LogP contribution in [0.2, 0.25) is 0 Å². The Bertz CT molecular complexity index is 447. The van der Waals surface area contributed by atoms with Gasteiger partial charge >= 0.3 is 5.97 Å². The molecule has 1 unspecified atom stereocenters. The Kier molecular flexibility index (Phi) is 3.67. The SMILES string of the molecule is CCC(C)(Nc1cccc(C(N)=O)n1)C(=O)O. The van der Waals surface area contributed by atoms with Crippen LogP contribution in [0.4, 0.5) is 5.82 Å². The van der Waals surface area contributed by atoms with Crippen LogP contribution in [0.1, 0.15) is 30.8 Å². The molecule has 4 N–H and O–H groups in total. The van der Waals surface area contributed by atoms with Gasteiger partial charge in [0.1, 0.15) is 17.1 Å². The Labute approximate surface area is 98.8 Å². The van der Waals surface area contributed by atoms with E-state index in [9.17, 15) is 9.59 Å². The first-order valence-corrected chi connectivity index (χ1v) is 5.17. The van der Waals surface area contributed by atoms with Crippen molar-refractivity contribution < 1.29 is 14.7 Å². The van der Waals surface area contributed by atoms with Crippen molar-refractivity contribution in [1.29, 1.82) is 0 Å². The van der Waals surface area contributed by atoms with E-state index in [0.717, 1.165) is 0 Å². The maximum Gasteiger partial charge on any atom is 0.329 e. The molecule has 1 amide bonds. The van der Waals surface area contributed by atoms with Crippen molar-refractivity contribution in [3.05, 3.63) is 23.9 Å². The largest absolute Gasteiger partial charge is 0.480 e. The molecule has 92 valence electrons. The molecule has 6 nitrogen and oxygen atoms in total. The number of carbonyl (C=O) groups is 2. The van der Waals surface area contributed by atoms with Crippen molar-refractivity contribution in [2.45, 2.75) is 25.8 Å². The number of nitrogens with two attached hydrogens (primary N) is 1. The van der Waals surface area contributed by atoms with Gasteiger partial charge in [-0.05, 0) is 25.5 Å². The first-order valence-electron chi connectivity index (χ1n) is 5.17. The van der Waals surface area contributed by atoms with Gasteiger partial charge in [-0.15, -0.1) is 0 Å². The number of pyridine rings is 1. The summed E-state index contributed by atoms with van der Waals surface area (Å²) in [5.41, 5.74) is 4.07. The van der Waals surface area contributed by atoms with Gasteiger partial charge in [0.15, 0.2) is 0 Å². The molecular weight excluding hydrogens is 222 g/mol. The molecule has 0 fully saturated rings. The summed E-state index contributed by atoms with van der Waals surface area (Å²) in [5, 5.41) is 11.9. The van der Waals surface area contributed by atoms with Crippen LogP contribution in [0, 0.1) is 0 Å². The van der Waals surface area contributed by atoms with Crippen LogP contribution in [-0.4, -0.2) is 27.5 Å². The molecule has 0 bridgehead atoms. The van der Waals surface area contributed by atoms with Gasteiger partial charge in [-0.3, -0.25) is 4.79 Å². The van der Waals surface area contributed by atoms with Crippen LogP contribution in [-0.2, 0) is 4.79 Å². The molecular formula is C11H15N3O3. The molecule has 0 aliphatic heterocycles. The average Bonchev–Trinajstić information content (AvgIpc) is 2.29. The van der Waals surface area contributed by atoms with Crippen LogP contribution in [0.5, 0.6) is 0 Å². The van der Waals surface area contributed by atoms with Crippen LogP contribution < -0.4 is 11.1 Å². The van der Waals surface area contributed by atoms with Crippen LogP contribution in [0.3, 0.4) is 0 Å². The number of carboxylic acids is 1. The fraction of sp³-hybridized carbons (Fsp3) is 0.364. The first-order chi connectivity index (χ1) is 7.89. The number of hydrogen-bond acceptors (Lipinski definition) is 4. The normalized spacial score (nSPS) is 13.8. The van der Waals surface area contributed by atoms with Crippen LogP contribution in [0.15, 0.2) is 18.2 Å². The quantitative estimate of drug-likeness (QED) is 0.703. The number of carbonyl (C=O) groups excluding carboxylic acids is 1.